The van der Waals surface area contributed by atoms with Gasteiger partial charge in [0.1, 0.15) is 30.2 Å². The maximum absolute atomic E-state index is 11.6. The number of ether oxygens (including phenoxy) is 1. The van der Waals surface area contributed by atoms with Crippen molar-refractivity contribution in [3.05, 3.63) is 12.7 Å². The molecule has 185 valence electrons. The van der Waals surface area contributed by atoms with E-state index in [9.17, 15) is 43.5 Å². The normalized spacial score (nSPS) is 27.6. The van der Waals surface area contributed by atoms with Crippen LogP contribution in [0.5, 0.6) is 0 Å². The molecule has 32 heavy (non-hydrogen) atoms. The molecule has 3 rings (SSSR count). The number of aliphatic hydroxyl groups is 2. The molecule has 0 aromatic carbocycles. The summed E-state index contributed by atoms with van der Waals surface area (Å²) < 4.78 is 50.2. The van der Waals surface area contributed by atoms with E-state index in [4.69, 9.17) is 10.5 Å². The van der Waals surface area contributed by atoms with Crippen LogP contribution >= 0.6 is 23.5 Å². The standard InChI is InChI=1S/C10H16N5O13P3.Cu/c11-8-5-9(13-2-12-8)15(3-14-5)10-7(17)6(16)4(26-10)1-25-30(21,22)28-31(23,24)27-29(18,19)20;/h2-4,6-7,10,16-17H,1H2,(H,21,22)(H,23,24)(H2,11,12,13)(H2,18,19,20);/p-4. The minimum absolute atomic E-state index is 0. The summed E-state index contributed by atoms with van der Waals surface area (Å²) in [6.45, 7) is -1.08. The Balaban J connectivity index is 0.00000363. The number of anilines is 1. The van der Waals surface area contributed by atoms with Gasteiger partial charge in [0.25, 0.3) is 15.6 Å². The van der Waals surface area contributed by atoms with Gasteiger partial charge in [0, 0.05) is 17.1 Å². The number of fused-ring (bicyclic) bond motifs is 1. The van der Waals surface area contributed by atoms with Crippen LogP contribution in [0.25, 0.3) is 11.2 Å². The molecular formula is C10H12CuN5O13P3-4. The summed E-state index contributed by atoms with van der Waals surface area (Å²) in [6, 6.07) is 0. The molecule has 1 radical (unpaired) electrons. The number of hydrogen-bond donors (Lipinski definition) is 3. The molecule has 0 amide bonds. The molecule has 3 heterocycles. The van der Waals surface area contributed by atoms with Crippen molar-refractivity contribution in [1.82, 2.24) is 19.5 Å². The van der Waals surface area contributed by atoms with E-state index in [-0.39, 0.29) is 34.1 Å². The number of imidazole rings is 1. The number of nitrogens with two attached hydrogens (primary N) is 1. The molecule has 2 aromatic heterocycles. The molecule has 1 aliphatic rings. The predicted molar refractivity (Wildman–Crippen MR) is 86.6 cm³/mol. The second-order valence-electron chi connectivity index (χ2n) is 5.93. The zero-order chi connectivity index (χ0) is 23.2. The topological polar surface area (TPSA) is 290 Å². The van der Waals surface area contributed by atoms with Crippen LogP contribution in [0.4, 0.5) is 5.82 Å². The predicted octanol–water partition coefficient (Wildman–Crippen LogP) is -4.16. The van der Waals surface area contributed by atoms with E-state index < -0.39 is 54.6 Å². The van der Waals surface area contributed by atoms with Gasteiger partial charge in [0.05, 0.1) is 20.8 Å². The number of hydrogen-bond acceptors (Lipinski definition) is 17. The fraction of sp³-hybridized carbons (Fsp3) is 0.500. The van der Waals surface area contributed by atoms with Crippen LogP contribution in [0.1, 0.15) is 6.23 Å². The molecule has 0 spiro atoms. The Morgan fingerprint density at radius 3 is 2.34 bits per heavy atom. The van der Waals surface area contributed by atoms with Crippen LogP contribution in [0, 0.1) is 0 Å². The van der Waals surface area contributed by atoms with Crippen LogP contribution in [-0.2, 0) is 48.6 Å². The van der Waals surface area contributed by atoms with E-state index in [0.29, 0.717) is 0 Å². The number of phosphoric acid groups is 3. The fourth-order valence-electron chi connectivity index (χ4n) is 2.60. The fourth-order valence-corrected chi connectivity index (χ4v) is 5.47. The average Bonchev–Trinajstić information content (AvgIpc) is 3.13. The van der Waals surface area contributed by atoms with E-state index in [1.165, 1.54) is 4.57 Å². The maximum atomic E-state index is 11.6. The van der Waals surface area contributed by atoms with Crippen molar-refractivity contribution in [3.63, 3.8) is 0 Å². The molecule has 1 fully saturated rings. The molecule has 0 saturated carbocycles. The third-order valence-electron chi connectivity index (χ3n) is 3.80. The molecule has 18 nitrogen and oxygen atoms in total. The maximum Gasteiger partial charge on any atom is 0.278 e. The molecule has 4 N–H and O–H groups in total. The SMILES string of the molecule is Nc1ncnc2c1ncn2C1OC(COP(=O)([O-])OP(=O)([O-])OP(=O)([O-])[O-])C(O)C1O.[Cu]. The summed E-state index contributed by atoms with van der Waals surface area (Å²) in [5.74, 6) is 0.0195. The molecule has 0 bridgehead atoms. The minimum Gasteiger partial charge on any atom is -0.790 e. The molecule has 22 heteroatoms. The van der Waals surface area contributed by atoms with Gasteiger partial charge in [-0.3, -0.25) is 18.0 Å². The first-order valence-electron chi connectivity index (χ1n) is 7.85. The zero-order valence-corrected chi connectivity index (χ0v) is 18.7. The van der Waals surface area contributed by atoms with E-state index >= 15 is 0 Å². The van der Waals surface area contributed by atoms with Gasteiger partial charge < -0.3 is 49.3 Å². The summed E-state index contributed by atoms with van der Waals surface area (Å²) in [5, 5.41) is 20.3. The Bertz CT molecular complexity index is 1110. The summed E-state index contributed by atoms with van der Waals surface area (Å²) >= 11 is 0. The summed E-state index contributed by atoms with van der Waals surface area (Å²) in [5.41, 5.74) is 5.92. The van der Waals surface area contributed by atoms with Crippen molar-refractivity contribution in [3.8, 4) is 0 Å². The number of nitrogen functional groups attached to an aromatic ring is 1. The van der Waals surface area contributed by atoms with Gasteiger partial charge in [0.2, 0.25) is 0 Å². The number of aromatic nitrogens is 4. The van der Waals surface area contributed by atoms with Crippen molar-refractivity contribution >= 4 is 40.4 Å². The minimum atomic E-state index is -6.14. The number of aliphatic hydroxyl groups excluding tert-OH is 2. The van der Waals surface area contributed by atoms with Gasteiger partial charge in [0.15, 0.2) is 17.7 Å². The van der Waals surface area contributed by atoms with Crippen LogP contribution in [-0.4, -0.2) is 54.7 Å². The second-order valence-corrected chi connectivity index (χ2v) is 10.2. The molecule has 0 aliphatic carbocycles. The monoisotopic (exact) mass is 566 g/mol. The summed E-state index contributed by atoms with van der Waals surface area (Å²) in [7, 11) is -18.1. The largest absolute Gasteiger partial charge is 0.790 e. The van der Waals surface area contributed by atoms with Gasteiger partial charge in [-0.15, -0.1) is 0 Å². The van der Waals surface area contributed by atoms with Crippen LogP contribution in [0.2, 0.25) is 0 Å². The van der Waals surface area contributed by atoms with Gasteiger partial charge in [-0.1, -0.05) is 0 Å². The Labute approximate surface area is 188 Å². The molecule has 2 aromatic rings. The second kappa shape index (κ2) is 9.80. The third-order valence-corrected chi connectivity index (χ3v) is 7.46. The van der Waals surface area contributed by atoms with Gasteiger partial charge in [-0.05, 0) is 0 Å². The molecule has 1 saturated heterocycles. The van der Waals surface area contributed by atoms with Crippen molar-refractivity contribution in [2.75, 3.05) is 12.3 Å². The number of rotatable bonds is 8. The van der Waals surface area contributed by atoms with Crippen LogP contribution in [0.3, 0.4) is 0 Å². The summed E-state index contributed by atoms with van der Waals surface area (Å²) in [4.78, 5) is 54.9. The quantitative estimate of drug-likeness (QED) is 0.201. The first-order valence-corrected chi connectivity index (χ1v) is 12.2. The Kier molecular flexibility index (Phi) is 8.39. The van der Waals surface area contributed by atoms with Crippen molar-refractivity contribution in [2.45, 2.75) is 24.5 Å². The van der Waals surface area contributed by atoms with E-state index in [2.05, 4.69) is 28.1 Å². The molecule has 6 atom stereocenters. The Hall–Kier alpha value is -0.841. The number of nitrogens with zero attached hydrogens (tertiary/aromatic N) is 4. The summed E-state index contributed by atoms with van der Waals surface area (Å²) in [6.07, 6.45) is -3.99. The van der Waals surface area contributed by atoms with E-state index in [1.54, 1.807) is 0 Å². The van der Waals surface area contributed by atoms with Crippen LogP contribution in [0.15, 0.2) is 12.7 Å². The van der Waals surface area contributed by atoms with Gasteiger partial charge in [-0.25, -0.2) is 19.3 Å². The Morgan fingerprint density at radius 2 is 1.72 bits per heavy atom. The molecule has 6 unspecified atom stereocenters. The Morgan fingerprint density at radius 1 is 1.06 bits per heavy atom. The molecule has 1 aliphatic heterocycles. The van der Waals surface area contributed by atoms with Crippen molar-refractivity contribution in [2.24, 2.45) is 0 Å². The van der Waals surface area contributed by atoms with Crippen LogP contribution < -0.4 is 25.3 Å². The van der Waals surface area contributed by atoms with Gasteiger partial charge in [-0.2, -0.15) is 0 Å². The molecular weight excluding hydrogens is 555 g/mol. The van der Waals surface area contributed by atoms with Crippen molar-refractivity contribution in [1.29, 1.82) is 0 Å². The van der Waals surface area contributed by atoms with E-state index in [0.717, 1.165) is 12.7 Å². The van der Waals surface area contributed by atoms with Gasteiger partial charge >= 0.3 is 0 Å². The smallest absolute Gasteiger partial charge is 0.278 e. The number of phosphoric ester groups is 1. The first kappa shape index (κ1) is 27.4. The average molecular weight is 567 g/mol. The zero-order valence-electron chi connectivity index (χ0n) is 15.1. The van der Waals surface area contributed by atoms with E-state index in [1.807, 2.05) is 0 Å². The third kappa shape index (κ3) is 6.39. The van der Waals surface area contributed by atoms with Crippen molar-refractivity contribution < 1.29 is 78.4 Å². The first-order chi connectivity index (χ1) is 14.2.